The zero-order valence-electron chi connectivity index (χ0n) is 12.9. The SMILES string of the molecule is Cc1cncc(CN2CCC[C@H](n3ccc(C(F)(F)F)n3)C2)c1. The summed E-state index contributed by atoms with van der Waals surface area (Å²) in [5, 5.41) is 3.71. The molecule has 3 heterocycles. The summed E-state index contributed by atoms with van der Waals surface area (Å²) in [4.78, 5) is 6.44. The molecular weight excluding hydrogens is 305 g/mol. The third-order valence-corrected chi connectivity index (χ3v) is 4.09. The van der Waals surface area contributed by atoms with E-state index in [2.05, 4.69) is 21.0 Å². The molecule has 1 saturated heterocycles. The van der Waals surface area contributed by atoms with Crippen LogP contribution in [0, 0.1) is 6.92 Å². The molecule has 1 aliphatic rings. The summed E-state index contributed by atoms with van der Waals surface area (Å²) in [6.45, 7) is 4.40. The fourth-order valence-corrected chi connectivity index (χ4v) is 3.05. The van der Waals surface area contributed by atoms with Gasteiger partial charge in [0.05, 0.1) is 6.04 Å². The number of likely N-dealkylation sites (tertiary alicyclic amines) is 1. The second-order valence-electron chi connectivity index (χ2n) is 6.08. The number of alkyl halides is 3. The van der Waals surface area contributed by atoms with E-state index in [1.54, 1.807) is 0 Å². The first kappa shape index (κ1) is 16.0. The van der Waals surface area contributed by atoms with Crippen LogP contribution in [-0.4, -0.2) is 32.8 Å². The summed E-state index contributed by atoms with van der Waals surface area (Å²) >= 11 is 0. The standard InChI is InChI=1S/C16H19F3N4/c1-12-7-13(9-20-8-12)10-22-5-2-3-14(11-22)23-6-4-15(21-23)16(17,18)19/h4,6-9,14H,2-3,5,10-11H2,1H3/t14-/m0/s1. The van der Waals surface area contributed by atoms with Gasteiger partial charge in [0.15, 0.2) is 5.69 Å². The van der Waals surface area contributed by atoms with Crippen molar-refractivity contribution in [1.29, 1.82) is 0 Å². The van der Waals surface area contributed by atoms with Crippen LogP contribution in [0.25, 0.3) is 0 Å². The van der Waals surface area contributed by atoms with E-state index in [-0.39, 0.29) is 6.04 Å². The molecule has 1 aliphatic heterocycles. The van der Waals surface area contributed by atoms with Crippen LogP contribution in [0.1, 0.15) is 35.7 Å². The van der Waals surface area contributed by atoms with E-state index in [4.69, 9.17) is 0 Å². The predicted molar refractivity (Wildman–Crippen MR) is 79.8 cm³/mol. The monoisotopic (exact) mass is 324 g/mol. The fraction of sp³-hybridized carbons (Fsp3) is 0.500. The lowest BCUT2D eigenvalue weighted by molar-refractivity contribution is -0.141. The van der Waals surface area contributed by atoms with Crippen molar-refractivity contribution in [3.63, 3.8) is 0 Å². The molecule has 1 fully saturated rings. The first-order valence-corrected chi connectivity index (χ1v) is 7.67. The third-order valence-electron chi connectivity index (χ3n) is 4.09. The van der Waals surface area contributed by atoms with Gasteiger partial charge in [-0.15, -0.1) is 0 Å². The van der Waals surface area contributed by atoms with Crippen LogP contribution in [-0.2, 0) is 12.7 Å². The summed E-state index contributed by atoms with van der Waals surface area (Å²) in [5.74, 6) is 0. The van der Waals surface area contributed by atoms with Crippen molar-refractivity contribution in [2.24, 2.45) is 0 Å². The highest BCUT2D eigenvalue weighted by atomic mass is 19.4. The molecule has 2 aromatic rings. The van der Waals surface area contributed by atoms with Crippen LogP contribution < -0.4 is 0 Å². The fourth-order valence-electron chi connectivity index (χ4n) is 3.05. The number of hydrogen-bond acceptors (Lipinski definition) is 3. The van der Waals surface area contributed by atoms with E-state index in [1.165, 1.54) is 10.9 Å². The van der Waals surface area contributed by atoms with Crippen molar-refractivity contribution in [3.8, 4) is 0 Å². The van der Waals surface area contributed by atoms with Crippen LogP contribution in [0.4, 0.5) is 13.2 Å². The van der Waals surface area contributed by atoms with Crippen molar-refractivity contribution >= 4 is 0 Å². The number of pyridine rings is 1. The summed E-state index contributed by atoms with van der Waals surface area (Å²) in [5.41, 5.74) is 1.41. The van der Waals surface area contributed by atoms with Crippen molar-refractivity contribution in [1.82, 2.24) is 19.7 Å². The Morgan fingerprint density at radius 3 is 2.83 bits per heavy atom. The average molecular weight is 324 g/mol. The van der Waals surface area contributed by atoms with E-state index >= 15 is 0 Å². The van der Waals surface area contributed by atoms with Crippen LogP contribution in [0.15, 0.2) is 30.7 Å². The molecule has 0 spiro atoms. The minimum atomic E-state index is -4.38. The molecule has 2 aromatic heterocycles. The Hall–Kier alpha value is -1.89. The molecule has 4 nitrogen and oxygen atoms in total. The van der Waals surface area contributed by atoms with Gasteiger partial charge in [-0.2, -0.15) is 18.3 Å². The molecule has 7 heteroatoms. The highest BCUT2D eigenvalue weighted by molar-refractivity contribution is 5.16. The molecule has 0 bridgehead atoms. The maximum absolute atomic E-state index is 12.7. The highest BCUT2D eigenvalue weighted by Crippen LogP contribution is 2.29. The predicted octanol–water partition coefficient (Wildman–Crippen LogP) is 3.44. The third kappa shape index (κ3) is 3.90. The summed E-state index contributed by atoms with van der Waals surface area (Å²) < 4.78 is 39.5. The molecule has 0 N–H and O–H groups in total. The van der Waals surface area contributed by atoms with Gasteiger partial charge < -0.3 is 0 Å². The Balaban J connectivity index is 1.67. The van der Waals surface area contributed by atoms with E-state index in [9.17, 15) is 13.2 Å². The van der Waals surface area contributed by atoms with Crippen LogP contribution in [0.3, 0.4) is 0 Å². The van der Waals surface area contributed by atoms with E-state index in [0.717, 1.165) is 43.1 Å². The van der Waals surface area contributed by atoms with Gasteiger partial charge in [0.1, 0.15) is 0 Å². The Kier molecular flexibility index (Phi) is 4.39. The Morgan fingerprint density at radius 1 is 1.30 bits per heavy atom. The molecule has 0 unspecified atom stereocenters. The van der Waals surface area contributed by atoms with Gasteiger partial charge in [0.2, 0.25) is 0 Å². The lowest BCUT2D eigenvalue weighted by Gasteiger charge is -2.32. The number of aromatic nitrogens is 3. The minimum Gasteiger partial charge on any atom is -0.297 e. The topological polar surface area (TPSA) is 34.0 Å². The van der Waals surface area contributed by atoms with Crippen molar-refractivity contribution in [2.75, 3.05) is 13.1 Å². The van der Waals surface area contributed by atoms with E-state index < -0.39 is 11.9 Å². The van der Waals surface area contributed by atoms with Gasteiger partial charge in [-0.25, -0.2) is 0 Å². The molecule has 0 saturated carbocycles. The Morgan fingerprint density at radius 2 is 2.13 bits per heavy atom. The van der Waals surface area contributed by atoms with Crippen LogP contribution in [0.2, 0.25) is 0 Å². The normalized spacial score (nSPS) is 19.9. The zero-order valence-corrected chi connectivity index (χ0v) is 12.9. The largest absolute Gasteiger partial charge is 0.435 e. The van der Waals surface area contributed by atoms with Crippen molar-refractivity contribution in [3.05, 3.63) is 47.5 Å². The zero-order chi connectivity index (χ0) is 16.4. The molecule has 0 aromatic carbocycles. The maximum atomic E-state index is 12.7. The average Bonchev–Trinajstić information content (AvgIpc) is 2.97. The molecule has 23 heavy (non-hydrogen) atoms. The highest BCUT2D eigenvalue weighted by Gasteiger charge is 2.34. The lowest BCUT2D eigenvalue weighted by atomic mass is 10.1. The molecule has 1 atom stereocenters. The first-order valence-electron chi connectivity index (χ1n) is 7.67. The number of hydrogen-bond donors (Lipinski definition) is 0. The molecule has 124 valence electrons. The van der Waals surface area contributed by atoms with Gasteiger partial charge in [-0.1, -0.05) is 6.07 Å². The summed E-state index contributed by atoms with van der Waals surface area (Å²) in [7, 11) is 0. The summed E-state index contributed by atoms with van der Waals surface area (Å²) in [6.07, 6.45) is 2.50. The second kappa shape index (κ2) is 6.31. The molecule has 3 rings (SSSR count). The summed E-state index contributed by atoms with van der Waals surface area (Å²) in [6, 6.07) is 3.12. The van der Waals surface area contributed by atoms with Gasteiger partial charge in [0, 0.05) is 31.7 Å². The lowest BCUT2D eigenvalue weighted by Crippen LogP contribution is -2.36. The smallest absolute Gasteiger partial charge is 0.297 e. The first-order chi connectivity index (χ1) is 10.9. The Labute approximate surface area is 132 Å². The number of nitrogens with zero attached hydrogens (tertiary/aromatic N) is 4. The van der Waals surface area contributed by atoms with Gasteiger partial charge in [-0.3, -0.25) is 14.6 Å². The molecule has 0 aliphatic carbocycles. The molecule has 0 radical (unpaired) electrons. The minimum absolute atomic E-state index is 0.0161. The van der Waals surface area contributed by atoms with Crippen molar-refractivity contribution < 1.29 is 13.2 Å². The number of aryl methyl sites for hydroxylation is 1. The van der Waals surface area contributed by atoms with Crippen molar-refractivity contribution in [2.45, 2.75) is 38.5 Å². The number of halogens is 3. The van der Waals surface area contributed by atoms with E-state index in [0.29, 0.717) is 6.54 Å². The second-order valence-corrected chi connectivity index (χ2v) is 6.08. The van der Waals surface area contributed by atoms with E-state index in [1.807, 2.05) is 19.3 Å². The van der Waals surface area contributed by atoms with Gasteiger partial charge in [0.25, 0.3) is 0 Å². The number of piperidine rings is 1. The Bertz CT molecular complexity index is 665. The quantitative estimate of drug-likeness (QED) is 0.867. The maximum Gasteiger partial charge on any atom is 0.435 e. The van der Waals surface area contributed by atoms with Gasteiger partial charge in [-0.05, 0) is 43.5 Å². The van der Waals surface area contributed by atoms with Gasteiger partial charge >= 0.3 is 6.18 Å². The number of rotatable bonds is 3. The van der Waals surface area contributed by atoms with Crippen LogP contribution >= 0.6 is 0 Å². The molecule has 0 amide bonds. The van der Waals surface area contributed by atoms with Crippen LogP contribution in [0.5, 0.6) is 0 Å². The molecular formula is C16H19F3N4.